The lowest BCUT2D eigenvalue weighted by Gasteiger charge is -2.21. The van der Waals surface area contributed by atoms with Crippen LogP contribution in [-0.2, 0) is 10.2 Å². The lowest BCUT2D eigenvalue weighted by molar-refractivity contribution is -0.138. The highest BCUT2D eigenvalue weighted by molar-refractivity contribution is 5.68. The fourth-order valence-corrected chi connectivity index (χ4v) is 1.21. The zero-order chi connectivity index (χ0) is 10.8. The SMILES string of the molecule is CC(C)(CC(=O)O)c1cc(N)ncn1. The quantitative estimate of drug-likeness (QED) is 0.745. The van der Waals surface area contributed by atoms with Gasteiger partial charge in [0.1, 0.15) is 12.1 Å². The van der Waals surface area contributed by atoms with Gasteiger partial charge in [-0.1, -0.05) is 13.8 Å². The molecule has 1 aromatic heterocycles. The molecule has 0 aliphatic rings. The second-order valence-electron chi connectivity index (χ2n) is 3.78. The van der Waals surface area contributed by atoms with E-state index in [0.717, 1.165) is 0 Å². The minimum atomic E-state index is -0.854. The van der Waals surface area contributed by atoms with Crippen molar-refractivity contribution in [1.29, 1.82) is 0 Å². The number of hydrogen-bond acceptors (Lipinski definition) is 4. The van der Waals surface area contributed by atoms with Gasteiger partial charge in [-0.25, -0.2) is 9.97 Å². The van der Waals surface area contributed by atoms with E-state index in [1.165, 1.54) is 6.33 Å². The summed E-state index contributed by atoms with van der Waals surface area (Å²) >= 11 is 0. The minimum absolute atomic E-state index is 0.0173. The summed E-state index contributed by atoms with van der Waals surface area (Å²) in [6, 6.07) is 1.60. The van der Waals surface area contributed by atoms with E-state index in [0.29, 0.717) is 11.5 Å². The standard InChI is InChI=1S/C9H13N3O2/c1-9(2,4-8(13)14)6-3-7(10)12-5-11-6/h3,5H,4H2,1-2H3,(H,13,14)(H2,10,11,12). The number of hydrogen-bond donors (Lipinski definition) is 2. The average Bonchev–Trinajstić information content (AvgIpc) is 2.01. The molecule has 1 aromatic rings. The van der Waals surface area contributed by atoms with Crippen LogP contribution in [0.3, 0.4) is 0 Å². The van der Waals surface area contributed by atoms with Crippen LogP contribution in [-0.4, -0.2) is 21.0 Å². The van der Waals surface area contributed by atoms with Crippen LogP contribution in [0, 0.1) is 0 Å². The number of aliphatic carboxylic acids is 1. The molecule has 14 heavy (non-hydrogen) atoms. The molecule has 0 atom stereocenters. The molecule has 5 heteroatoms. The summed E-state index contributed by atoms with van der Waals surface area (Å²) in [4.78, 5) is 18.4. The van der Waals surface area contributed by atoms with Gasteiger partial charge in [0.15, 0.2) is 0 Å². The number of nitrogens with zero attached hydrogens (tertiary/aromatic N) is 2. The lowest BCUT2D eigenvalue weighted by atomic mass is 9.85. The molecule has 0 bridgehead atoms. The highest BCUT2D eigenvalue weighted by Gasteiger charge is 2.25. The number of rotatable bonds is 3. The third kappa shape index (κ3) is 2.42. The first-order valence-corrected chi connectivity index (χ1v) is 4.21. The van der Waals surface area contributed by atoms with E-state index in [2.05, 4.69) is 9.97 Å². The highest BCUT2D eigenvalue weighted by Crippen LogP contribution is 2.25. The number of nitrogen functional groups attached to an aromatic ring is 1. The molecule has 0 aliphatic heterocycles. The van der Waals surface area contributed by atoms with Crippen molar-refractivity contribution in [3.8, 4) is 0 Å². The zero-order valence-electron chi connectivity index (χ0n) is 8.19. The van der Waals surface area contributed by atoms with Crippen molar-refractivity contribution in [3.63, 3.8) is 0 Å². The summed E-state index contributed by atoms with van der Waals surface area (Å²) in [6.45, 7) is 3.62. The van der Waals surface area contributed by atoms with Crippen LogP contribution in [0.2, 0.25) is 0 Å². The van der Waals surface area contributed by atoms with E-state index in [1.54, 1.807) is 6.07 Å². The Hall–Kier alpha value is -1.65. The maximum Gasteiger partial charge on any atom is 0.304 e. The maximum absolute atomic E-state index is 10.6. The topological polar surface area (TPSA) is 89.1 Å². The molecular formula is C9H13N3O2. The van der Waals surface area contributed by atoms with E-state index in [-0.39, 0.29) is 6.42 Å². The van der Waals surface area contributed by atoms with Crippen LogP contribution in [0.15, 0.2) is 12.4 Å². The van der Waals surface area contributed by atoms with Gasteiger partial charge in [-0.2, -0.15) is 0 Å². The Balaban J connectivity index is 2.97. The molecule has 1 rings (SSSR count). The first kappa shape index (κ1) is 10.4. The van der Waals surface area contributed by atoms with E-state index in [4.69, 9.17) is 10.8 Å². The average molecular weight is 195 g/mol. The molecule has 0 aliphatic carbocycles. The van der Waals surface area contributed by atoms with E-state index in [9.17, 15) is 4.79 Å². The summed E-state index contributed by atoms with van der Waals surface area (Å²) < 4.78 is 0. The van der Waals surface area contributed by atoms with Crippen LogP contribution in [0.5, 0.6) is 0 Å². The fraction of sp³-hybridized carbons (Fsp3) is 0.444. The number of aromatic nitrogens is 2. The van der Waals surface area contributed by atoms with Crippen molar-refractivity contribution >= 4 is 11.8 Å². The largest absolute Gasteiger partial charge is 0.481 e. The zero-order valence-corrected chi connectivity index (χ0v) is 8.19. The molecule has 76 valence electrons. The molecule has 5 nitrogen and oxygen atoms in total. The summed E-state index contributed by atoms with van der Waals surface area (Å²) in [5.74, 6) is -0.499. The van der Waals surface area contributed by atoms with E-state index < -0.39 is 11.4 Å². The molecular weight excluding hydrogens is 182 g/mol. The van der Waals surface area contributed by atoms with E-state index in [1.807, 2.05) is 13.8 Å². The normalized spacial score (nSPS) is 11.3. The minimum Gasteiger partial charge on any atom is -0.481 e. The highest BCUT2D eigenvalue weighted by atomic mass is 16.4. The molecule has 0 radical (unpaired) electrons. The van der Waals surface area contributed by atoms with Gasteiger partial charge >= 0.3 is 5.97 Å². The van der Waals surface area contributed by atoms with Crippen molar-refractivity contribution in [3.05, 3.63) is 18.1 Å². The Morgan fingerprint density at radius 3 is 2.71 bits per heavy atom. The molecule has 0 saturated carbocycles. The molecule has 0 amide bonds. The first-order chi connectivity index (χ1) is 6.42. The molecule has 3 N–H and O–H groups in total. The predicted molar refractivity (Wildman–Crippen MR) is 51.7 cm³/mol. The summed E-state index contributed by atoms with van der Waals surface area (Å²) in [6.07, 6.45) is 1.36. The van der Waals surface area contributed by atoms with Crippen molar-refractivity contribution in [2.75, 3.05) is 5.73 Å². The number of carbonyl (C=O) groups is 1. The Labute approximate surface area is 82.0 Å². The summed E-state index contributed by atoms with van der Waals surface area (Å²) in [5, 5.41) is 8.71. The summed E-state index contributed by atoms with van der Waals surface area (Å²) in [5.41, 5.74) is 5.61. The van der Waals surface area contributed by atoms with Gasteiger partial charge in [-0.3, -0.25) is 4.79 Å². The number of carboxylic acids is 1. The summed E-state index contributed by atoms with van der Waals surface area (Å²) in [7, 11) is 0. The third-order valence-electron chi connectivity index (χ3n) is 1.97. The first-order valence-electron chi connectivity index (χ1n) is 4.21. The van der Waals surface area contributed by atoms with Gasteiger partial charge in [0.05, 0.1) is 12.1 Å². The molecule has 0 unspecified atom stereocenters. The van der Waals surface area contributed by atoms with Crippen molar-refractivity contribution in [2.24, 2.45) is 0 Å². The lowest BCUT2D eigenvalue weighted by Crippen LogP contribution is -2.23. The van der Waals surface area contributed by atoms with E-state index >= 15 is 0 Å². The third-order valence-corrected chi connectivity index (χ3v) is 1.97. The second-order valence-corrected chi connectivity index (χ2v) is 3.78. The molecule has 0 aromatic carbocycles. The number of anilines is 1. The van der Waals surface area contributed by atoms with Crippen LogP contribution in [0.25, 0.3) is 0 Å². The number of nitrogens with two attached hydrogens (primary N) is 1. The van der Waals surface area contributed by atoms with Gasteiger partial charge in [0.25, 0.3) is 0 Å². The predicted octanol–water partition coefficient (Wildman–Crippen LogP) is 0.811. The van der Waals surface area contributed by atoms with Gasteiger partial charge in [-0.15, -0.1) is 0 Å². The monoisotopic (exact) mass is 195 g/mol. The van der Waals surface area contributed by atoms with Crippen molar-refractivity contribution in [1.82, 2.24) is 9.97 Å². The Morgan fingerprint density at radius 1 is 1.57 bits per heavy atom. The molecule has 1 heterocycles. The smallest absolute Gasteiger partial charge is 0.304 e. The van der Waals surface area contributed by atoms with Gasteiger partial charge in [0.2, 0.25) is 0 Å². The van der Waals surface area contributed by atoms with Crippen LogP contribution in [0.1, 0.15) is 26.0 Å². The van der Waals surface area contributed by atoms with Crippen molar-refractivity contribution < 1.29 is 9.90 Å². The van der Waals surface area contributed by atoms with Crippen LogP contribution < -0.4 is 5.73 Å². The van der Waals surface area contributed by atoms with Crippen LogP contribution in [0.4, 0.5) is 5.82 Å². The fourth-order valence-electron chi connectivity index (χ4n) is 1.21. The van der Waals surface area contributed by atoms with Gasteiger partial charge in [0, 0.05) is 11.5 Å². The molecule has 0 saturated heterocycles. The Bertz CT molecular complexity index is 350. The Kier molecular flexibility index (Phi) is 2.69. The molecule has 0 fully saturated rings. The van der Waals surface area contributed by atoms with Gasteiger partial charge in [-0.05, 0) is 0 Å². The van der Waals surface area contributed by atoms with Gasteiger partial charge < -0.3 is 10.8 Å². The molecule has 0 spiro atoms. The maximum atomic E-state index is 10.6. The van der Waals surface area contributed by atoms with Crippen molar-refractivity contribution in [2.45, 2.75) is 25.7 Å². The van der Waals surface area contributed by atoms with Crippen LogP contribution >= 0.6 is 0 Å². The number of carboxylic acid groups (broad SMARTS) is 1. The second kappa shape index (κ2) is 3.61. The Morgan fingerprint density at radius 2 is 2.21 bits per heavy atom.